The number of amides is 1. The van der Waals surface area contributed by atoms with Gasteiger partial charge in [-0.25, -0.2) is 17.6 Å². The predicted octanol–water partition coefficient (Wildman–Crippen LogP) is 4.81. The largest absolute Gasteiger partial charge is 0.321 e. The lowest BCUT2D eigenvalue weighted by molar-refractivity contribution is 0.102. The molecule has 0 saturated heterocycles. The van der Waals surface area contributed by atoms with Crippen LogP contribution in [0.15, 0.2) is 35.2 Å². The molecule has 1 amide bonds. The van der Waals surface area contributed by atoms with Crippen molar-refractivity contribution in [3.63, 3.8) is 0 Å². The molecule has 0 saturated carbocycles. The zero-order chi connectivity index (χ0) is 17.1. The number of halogens is 6. The number of thioether (sulfide) groups is 1. The van der Waals surface area contributed by atoms with Crippen LogP contribution in [0.3, 0.4) is 0 Å². The van der Waals surface area contributed by atoms with Crippen LogP contribution in [0.1, 0.15) is 10.4 Å². The third-order valence-corrected chi connectivity index (χ3v) is 3.49. The average molecular weight is 351 g/mol. The van der Waals surface area contributed by atoms with Gasteiger partial charge in [-0.1, -0.05) is 23.9 Å². The van der Waals surface area contributed by atoms with Gasteiger partial charge < -0.3 is 5.32 Å². The summed E-state index contributed by atoms with van der Waals surface area (Å²) in [5.74, 6) is -11.9. The molecule has 1 N–H and O–H groups in total. The minimum absolute atomic E-state index is 0.0284. The molecule has 2 nitrogen and oxygen atoms in total. The minimum atomic E-state index is -2.77. The molecule has 0 heterocycles. The van der Waals surface area contributed by atoms with Crippen LogP contribution in [0.25, 0.3) is 0 Å². The highest BCUT2D eigenvalue weighted by Crippen LogP contribution is 2.32. The number of benzene rings is 2. The van der Waals surface area contributed by atoms with Gasteiger partial charge >= 0.3 is 0 Å². The van der Waals surface area contributed by atoms with E-state index in [2.05, 4.69) is 5.32 Å². The van der Waals surface area contributed by atoms with Crippen LogP contribution in [0, 0.1) is 23.3 Å². The van der Waals surface area contributed by atoms with E-state index in [1.807, 2.05) is 0 Å². The van der Waals surface area contributed by atoms with Crippen molar-refractivity contribution in [3.05, 3.63) is 59.2 Å². The molecule has 2 rings (SSSR count). The number of carbonyl (C=O) groups excluding carboxylic acids is 1. The maximum Gasteiger partial charge on any atom is 0.288 e. The van der Waals surface area contributed by atoms with Gasteiger partial charge in [-0.3, -0.25) is 4.79 Å². The zero-order valence-electron chi connectivity index (χ0n) is 11.0. The average Bonchev–Trinajstić information content (AvgIpc) is 2.50. The van der Waals surface area contributed by atoms with Crippen molar-refractivity contribution in [2.75, 3.05) is 5.32 Å². The summed E-state index contributed by atoms with van der Waals surface area (Å²) in [7, 11) is 0. The molecule has 2 aromatic carbocycles. The summed E-state index contributed by atoms with van der Waals surface area (Å²) in [6, 6.07) is 5.54. The van der Waals surface area contributed by atoms with E-state index in [4.69, 9.17) is 0 Å². The molecule has 0 bridgehead atoms. The summed E-state index contributed by atoms with van der Waals surface area (Å²) in [6.07, 6.45) is 0. The maximum absolute atomic E-state index is 13.5. The van der Waals surface area contributed by atoms with E-state index in [0.29, 0.717) is 0 Å². The van der Waals surface area contributed by atoms with Crippen molar-refractivity contribution in [2.24, 2.45) is 0 Å². The lowest BCUT2D eigenvalue weighted by atomic mass is 10.1. The number of alkyl halides is 2. The highest BCUT2D eigenvalue weighted by molar-refractivity contribution is 7.99. The van der Waals surface area contributed by atoms with Gasteiger partial charge in [-0.15, -0.1) is 0 Å². The highest BCUT2D eigenvalue weighted by atomic mass is 32.2. The number of anilines is 1. The van der Waals surface area contributed by atoms with Gasteiger partial charge in [0.05, 0.1) is 11.3 Å². The smallest absolute Gasteiger partial charge is 0.288 e. The van der Waals surface area contributed by atoms with Gasteiger partial charge in [0.1, 0.15) is 0 Å². The SMILES string of the molecule is O=C(Nc1ccccc1SC(F)F)c1cc(F)c(F)c(F)c1F. The molecule has 0 radical (unpaired) electrons. The second-order valence-electron chi connectivity index (χ2n) is 4.18. The van der Waals surface area contributed by atoms with Crippen molar-refractivity contribution >= 4 is 23.4 Å². The lowest BCUT2D eigenvalue weighted by Crippen LogP contribution is -2.16. The van der Waals surface area contributed by atoms with Gasteiger partial charge in [-0.2, -0.15) is 8.78 Å². The van der Waals surface area contributed by atoms with E-state index in [0.717, 1.165) is 0 Å². The Kier molecular flexibility index (Phi) is 5.19. The first-order valence-corrected chi connectivity index (χ1v) is 6.87. The predicted molar refractivity (Wildman–Crippen MR) is 72.5 cm³/mol. The lowest BCUT2D eigenvalue weighted by Gasteiger charge is -2.11. The van der Waals surface area contributed by atoms with Gasteiger partial charge in [0, 0.05) is 4.90 Å². The number of carbonyl (C=O) groups is 1. The van der Waals surface area contributed by atoms with E-state index in [9.17, 15) is 31.1 Å². The molecule has 0 aromatic heterocycles. The van der Waals surface area contributed by atoms with Crippen LogP contribution < -0.4 is 5.32 Å². The number of rotatable bonds is 4. The molecular weight excluding hydrogens is 344 g/mol. The van der Waals surface area contributed by atoms with E-state index in [-0.39, 0.29) is 28.4 Å². The maximum atomic E-state index is 13.5. The Hall–Kier alpha value is -2.16. The molecular formula is C14H7F6NOS. The highest BCUT2D eigenvalue weighted by Gasteiger charge is 2.23. The van der Waals surface area contributed by atoms with Crippen LogP contribution >= 0.6 is 11.8 Å². The molecule has 0 aliphatic carbocycles. The van der Waals surface area contributed by atoms with Crippen LogP contribution in [0.4, 0.5) is 32.0 Å². The van der Waals surface area contributed by atoms with E-state index >= 15 is 0 Å². The summed E-state index contributed by atoms with van der Waals surface area (Å²) >= 11 is 0.125. The van der Waals surface area contributed by atoms with Crippen LogP contribution in [-0.2, 0) is 0 Å². The normalized spacial score (nSPS) is 10.9. The number of hydrogen-bond acceptors (Lipinski definition) is 2. The van der Waals surface area contributed by atoms with Crippen LogP contribution in [-0.4, -0.2) is 11.7 Å². The molecule has 0 unspecified atom stereocenters. The van der Waals surface area contributed by atoms with E-state index in [1.165, 1.54) is 24.3 Å². The van der Waals surface area contributed by atoms with Gasteiger partial charge in [0.2, 0.25) is 0 Å². The van der Waals surface area contributed by atoms with E-state index < -0.39 is 40.5 Å². The summed E-state index contributed by atoms with van der Waals surface area (Å²) < 4.78 is 77.5. The fraction of sp³-hybridized carbons (Fsp3) is 0.0714. The molecule has 122 valence electrons. The third-order valence-electron chi connectivity index (χ3n) is 2.70. The topological polar surface area (TPSA) is 29.1 Å². The van der Waals surface area contributed by atoms with Gasteiger partial charge in [0.15, 0.2) is 23.3 Å². The summed E-state index contributed by atoms with van der Waals surface area (Å²) in [5.41, 5.74) is -1.19. The van der Waals surface area contributed by atoms with Crippen LogP contribution in [0.5, 0.6) is 0 Å². The zero-order valence-corrected chi connectivity index (χ0v) is 11.9. The van der Waals surface area contributed by atoms with Crippen molar-refractivity contribution in [1.82, 2.24) is 0 Å². The Labute approximate surface area is 130 Å². The van der Waals surface area contributed by atoms with Gasteiger partial charge in [0.25, 0.3) is 11.7 Å². The monoisotopic (exact) mass is 351 g/mol. The number of hydrogen-bond donors (Lipinski definition) is 1. The van der Waals surface area contributed by atoms with E-state index in [1.54, 1.807) is 0 Å². The first-order chi connectivity index (χ1) is 10.8. The van der Waals surface area contributed by atoms with Crippen molar-refractivity contribution < 1.29 is 31.1 Å². The second kappa shape index (κ2) is 6.95. The van der Waals surface area contributed by atoms with Crippen LogP contribution in [0.2, 0.25) is 0 Å². The molecule has 0 aliphatic rings. The minimum Gasteiger partial charge on any atom is -0.321 e. The Balaban J connectivity index is 2.34. The molecule has 0 atom stereocenters. The number of para-hydroxylation sites is 1. The summed E-state index contributed by atoms with van der Waals surface area (Å²) in [6.45, 7) is 0. The Bertz CT molecular complexity index is 752. The van der Waals surface area contributed by atoms with Gasteiger partial charge in [-0.05, 0) is 18.2 Å². The molecule has 0 aliphatic heterocycles. The molecule has 23 heavy (non-hydrogen) atoms. The van der Waals surface area contributed by atoms with Crippen molar-refractivity contribution in [2.45, 2.75) is 10.7 Å². The fourth-order valence-corrected chi connectivity index (χ4v) is 2.29. The first kappa shape index (κ1) is 17.2. The second-order valence-corrected chi connectivity index (χ2v) is 5.21. The number of nitrogens with one attached hydrogen (secondary N) is 1. The molecule has 0 spiro atoms. The van der Waals surface area contributed by atoms with Crippen molar-refractivity contribution in [1.29, 1.82) is 0 Å². The third kappa shape index (κ3) is 3.79. The fourth-order valence-electron chi connectivity index (χ4n) is 1.70. The first-order valence-electron chi connectivity index (χ1n) is 5.99. The van der Waals surface area contributed by atoms with Crippen molar-refractivity contribution in [3.8, 4) is 0 Å². The molecule has 9 heteroatoms. The Morgan fingerprint density at radius 3 is 2.30 bits per heavy atom. The quantitative estimate of drug-likeness (QED) is 0.371. The standard InChI is InChI=1S/C14H7F6NOS/c15-7-5-6(10(16)12(18)11(7)17)13(22)21-8-3-1-2-4-9(8)23-14(19)20/h1-5,14H,(H,21,22). The summed E-state index contributed by atoms with van der Waals surface area (Å²) in [4.78, 5) is 11.9. The molecule has 0 fully saturated rings. The Morgan fingerprint density at radius 2 is 1.65 bits per heavy atom. The summed E-state index contributed by atoms with van der Waals surface area (Å²) in [5, 5.41) is 2.06. The molecule has 2 aromatic rings. The Morgan fingerprint density at radius 1 is 1.00 bits per heavy atom.